The SMILES string of the molecule is CCn1cc([N+](=O)[O-])c(=O)n(Cc2nnsc2NN)c1=O. The van der Waals surface area contributed by atoms with Crippen molar-refractivity contribution >= 4 is 22.2 Å². The molecule has 21 heavy (non-hydrogen) atoms. The van der Waals surface area contributed by atoms with Crippen LogP contribution in [0.1, 0.15) is 12.6 Å². The van der Waals surface area contributed by atoms with E-state index in [1.54, 1.807) is 6.92 Å². The second kappa shape index (κ2) is 5.80. The van der Waals surface area contributed by atoms with Crippen LogP contribution in [0.2, 0.25) is 0 Å². The molecule has 0 aliphatic rings. The zero-order valence-corrected chi connectivity index (χ0v) is 11.7. The molecule has 0 radical (unpaired) electrons. The molecule has 0 aliphatic carbocycles. The van der Waals surface area contributed by atoms with Crippen molar-refractivity contribution in [1.82, 2.24) is 18.7 Å². The third-order valence-electron chi connectivity index (χ3n) is 2.75. The maximum absolute atomic E-state index is 12.1. The molecule has 0 spiro atoms. The minimum Gasteiger partial charge on any atom is -0.313 e. The van der Waals surface area contributed by atoms with Gasteiger partial charge in [-0.2, -0.15) is 0 Å². The average Bonchev–Trinajstić information content (AvgIpc) is 2.90. The van der Waals surface area contributed by atoms with Crippen LogP contribution in [0.5, 0.6) is 0 Å². The number of nitro groups is 1. The Balaban J connectivity index is 2.62. The van der Waals surface area contributed by atoms with Gasteiger partial charge in [0.15, 0.2) is 0 Å². The Morgan fingerprint density at radius 1 is 1.52 bits per heavy atom. The summed E-state index contributed by atoms with van der Waals surface area (Å²) in [5.74, 6) is 5.26. The van der Waals surface area contributed by atoms with Gasteiger partial charge < -0.3 is 5.43 Å². The summed E-state index contributed by atoms with van der Waals surface area (Å²) in [6, 6.07) is 0. The number of hydrogen-bond donors (Lipinski definition) is 2. The Kier molecular flexibility index (Phi) is 4.09. The van der Waals surface area contributed by atoms with Crippen molar-refractivity contribution in [3.8, 4) is 0 Å². The van der Waals surface area contributed by atoms with Gasteiger partial charge in [-0.15, -0.1) is 5.10 Å². The Hall–Kier alpha value is -2.60. The molecule has 112 valence electrons. The molecule has 0 aromatic carbocycles. The first-order chi connectivity index (χ1) is 9.99. The molecule has 0 aliphatic heterocycles. The molecule has 0 fully saturated rings. The highest BCUT2D eigenvalue weighted by molar-refractivity contribution is 7.10. The van der Waals surface area contributed by atoms with Gasteiger partial charge in [-0.3, -0.25) is 19.5 Å². The van der Waals surface area contributed by atoms with Crippen molar-refractivity contribution in [3.63, 3.8) is 0 Å². The van der Waals surface area contributed by atoms with Crippen molar-refractivity contribution in [2.75, 3.05) is 5.43 Å². The molecule has 0 saturated carbocycles. The number of nitrogen functional groups attached to an aromatic ring is 1. The maximum atomic E-state index is 12.1. The van der Waals surface area contributed by atoms with E-state index in [4.69, 9.17) is 5.84 Å². The fourth-order valence-electron chi connectivity index (χ4n) is 1.70. The molecule has 12 heteroatoms. The molecular weight excluding hydrogens is 302 g/mol. The number of aryl methyl sites for hydroxylation is 1. The van der Waals surface area contributed by atoms with Gasteiger partial charge in [0, 0.05) is 18.1 Å². The zero-order chi connectivity index (χ0) is 15.6. The van der Waals surface area contributed by atoms with Crippen LogP contribution in [0, 0.1) is 10.1 Å². The van der Waals surface area contributed by atoms with Gasteiger partial charge in [-0.1, -0.05) is 4.49 Å². The van der Waals surface area contributed by atoms with Crippen LogP contribution in [-0.2, 0) is 13.1 Å². The van der Waals surface area contributed by atoms with Crippen LogP contribution >= 0.6 is 11.5 Å². The largest absolute Gasteiger partial charge is 0.350 e. The van der Waals surface area contributed by atoms with E-state index in [2.05, 4.69) is 15.0 Å². The van der Waals surface area contributed by atoms with Gasteiger partial charge >= 0.3 is 16.9 Å². The quantitative estimate of drug-likeness (QED) is 0.410. The number of aromatic nitrogens is 4. The average molecular weight is 313 g/mol. The highest BCUT2D eigenvalue weighted by atomic mass is 32.1. The number of nitrogens with zero attached hydrogens (tertiary/aromatic N) is 5. The highest BCUT2D eigenvalue weighted by Gasteiger charge is 2.21. The van der Waals surface area contributed by atoms with Gasteiger partial charge in [-0.25, -0.2) is 15.2 Å². The summed E-state index contributed by atoms with van der Waals surface area (Å²) < 4.78 is 5.45. The van der Waals surface area contributed by atoms with Crippen LogP contribution < -0.4 is 22.5 Å². The van der Waals surface area contributed by atoms with Gasteiger partial charge in [0.1, 0.15) is 10.7 Å². The van der Waals surface area contributed by atoms with Crippen LogP contribution in [0.15, 0.2) is 15.8 Å². The second-order valence-electron chi connectivity index (χ2n) is 3.92. The lowest BCUT2D eigenvalue weighted by Crippen LogP contribution is -2.40. The van der Waals surface area contributed by atoms with Crippen molar-refractivity contribution in [2.24, 2.45) is 5.84 Å². The molecule has 2 rings (SSSR count). The van der Waals surface area contributed by atoms with E-state index >= 15 is 0 Å². The third-order valence-corrected chi connectivity index (χ3v) is 3.45. The van der Waals surface area contributed by atoms with E-state index < -0.39 is 21.9 Å². The molecular formula is C9H11N7O4S. The van der Waals surface area contributed by atoms with Gasteiger partial charge in [0.05, 0.1) is 17.7 Å². The molecule has 0 bridgehead atoms. The molecule has 3 N–H and O–H groups in total. The fourth-order valence-corrected chi connectivity index (χ4v) is 2.19. The van der Waals surface area contributed by atoms with E-state index in [0.717, 1.165) is 26.9 Å². The number of nitrogens with two attached hydrogens (primary N) is 1. The lowest BCUT2D eigenvalue weighted by atomic mass is 10.4. The summed E-state index contributed by atoms with van der Waals surface area (Å²) >= 11 is 0.946. The summed E-state index contributed by atoms with van der Waals surface area (Å²) in [5.41, 5.74) is 0.254. The molecule has 0 amide bonds. The van der Waals surface area contributed by atoms with E-state index in [9.17, 15) is 19.7 Å². The monoisotopic (exact) mass is 313 g/mol. The smallest absolute Gasteiger partial charge is 0.313 e. The molecule has 2 aromatic rings. The Morgan fingerprint density at radius 2 is 2.24 bits per heavy atom. The Labute approximate surface area is 120 Å². The second-order valence-corrected chi connectivity index (χ2v) is 4.68. The lowest BCUT2D eigenvalue weighted by molar-refractivity contribution is -0.387. The molecule has 11 nitrogen and oxygen atoms in total. The first-order valence-electron chi connectivity index (χ1n) is 5.76. The summed E-state index contributed by atoms with van der Waals surface area (Å²) in [7, 11) is 0. The fraction of sp³-hybridized carbons (Fsp3) is 0.333. The predicted molar refractivity (Wildman–Crippen MR) is 74.1 cm³/mol. The van der Waals surface area contributed by atoms with Crippen molar-refractivity contribution in [1.29, 1.82) is 0 Å². The molecule has 0 saturated heterocycles. The summed E-state index contributed by atoms with van der Waals surface area (Å²) in [4.78, 5) is 34.2. The highest BCUT2D eigenvalue weighted by Crippen LogP contribution is 2.16. The maximum Gasteiger partial charge on any atom is 0.350 e. The van der Waals surface area contributed by atoms with Crippen LogP contribution in [0.3, 0.4) is 0 Å². The minimum atomic E-state index is -0.995. The van der Waals surface area contributed by atoms with Crippen LogP contribution in [-0.4, -0.2) is 23.6 Å². The Morgan fingerprint density at radius 3 is 2.81 bits per heavy atom. The number of hydrazine groups is 1. The first kappa shape index (κ1) is 14.8. The number of rotatable bonds is 5. The molecule has 2 heterocycles. The van der Waals surface area contributed by atoms with Gasteiger partial charge in [0.25, 0.3) is 0 Å². The predicted octanol–water partition coefficient (Wildman–Crippen LogP) is -0.877. The topological polar surface area (TPSA) is 151 Å². The van der Waals surface area contributed by atoms with E-state index in [0.29, 0.717) is 5.00 Å². The van der Waals surface area contributed by atoms with Gasteiger partial charge in [-0.05, 0) is 6.92 Å². The standard InChI is InChI=1S/C9H11N7O4S/c1-2-14-4-6(16(19)20)8(17)15(9(14)18)3-5-7(11-10)21-13-12-5/h4,11H,2-3,10H2,1H3. The minimum absolute atomic E-state index is 0.192. The van der Waals surface area contributed by atoms with E-state index in [1.807, 2.05) is 0 Å². The molecule has 2 aromatic heterocycles. The third kappa shape index (κ3) is 2.66. The number of anilines is 1. The van der Waals surface area contributed by atoms with Crippen molar-refractivity contribution in [2.45, 2.75) is 20.0 Å². The van der Waals surface area contributed by atoms with Crippen LogP contribution in [0.4, 0.5) is 10.7 Å². The van der Waals surface area contributed by atoms with Crippen molar-refractivity contribution in [3.05, 3.63) is 42.8 Å². The molecule has 0 atom stereocenters. The Bertz CT molecular complexity index is 792. The summed E-state index contributed by atoms with van der Waals surface area (Å²) in [6.45, 7) is 1.57. The number of nitrogens with one attached hydrogen (secondary N) is 1. The van der Waals surface area contributed by atoms with E-state index in [-0.39, 0.29) is 18.8 Å². The zero-order valence-electron chi connectivity index (χ0n) is 10.8. The first-order valence-corrected chi connectivity index (χ1v) is 6.53. The number of hydrogen-bond acceptors (Lipinski definition) is 9. The summed E-state index contributed by atoms with van der Waals surface area (Å²) in [6.07, 6.45) is 0.933. The lowest BCUT2D eigenvalue weighted by Gasteiger charge is -2.07. The molecule has 0 unspecified atom stereocenters. The normalized spacial score (nSPS) is 10.6. The van der Waals surface area contributed by atoms with Crippen molar-refractivity contribution < 1.29 is 4.92 Å². The van der Waals surface area contributed by atoms with E-state index in [1.165, 1.54) is 0 Å². The summed E-state index contributed by atoms with van der Waals surface area (Å²) in [5, 5.41) is 15.0. The van der Waals surface area contributed by atoms with Gasteiger partial charge in [0.2, 0.25) is 0 Å². The van der Waals surface area contributed by atoms with Crippen LogP contribution in [0.25, 0.3) is 0 Å².